The standard InChI is InChI=1S/C25H18F3N3O4S2/c26-25(27,28)18-5-2-7-21(15-18)30-24(33)17-4-1-6-20(14-17)29-23(32)16-9-11-19(12-10-16)31-37(34,35)22-8-3-13-36-22/h1-15,31H,(H,29,32)(H,30,33). The van der Waals surface area contributed by atoms with Crippen LogP contribution in [0.4, 0.5) is 30.2 Å². The Morgan fingerprint density at radius 2 is 1.32 bits per heavy atom. The van der Waals surface area contributed by atoms with Gasteiger partial charge in [0.15, 0.2) is 0 Å². The Morgan fingerprint density at radius 1 is 0.703 bits per heavy atom. The number of alkyl halides is 3. The van der Waals surface area contributed by atoms with Crippen molar-refractivity contribution in [1.82, 2.24) is 0 Å². The third kappa shape index (κ3) is 6.54. The zero-order chi connectivity index (χ0) is 26.6. The monoisotopic (exact) mass is 545 g/mol. The van der Waals surface area contributed by atoms with Crippen molar-refractivity contribution in [3.8, 4) is 0 Å². The summed E-state index contributed by atoms with van der Waals surface area (Å²) in [7, 11) is -3.72. The molecule has 0 aliphatic rings. The first kappa shape index (κ1) is 25.9. The maximum atomic E-state index is 12.9. The van der Waals surface area contributed by atoms with Gasteiger partial charge < -0.3 is 10.6 Å². The van der Waals surface area contributed by atoms with Crippen LogP contribution in [0.1, 0.15) is 26.3 Å². The maximum Gasteiger partial charge on any atom is 0.416 e. The number of benzene rings is 3. The summed E-state index contributed by atoms with van der Waals surface area (Å²) < 4.78 is 66.0. The minimum absolute atomic E-state index is 0.0240. The molecule has 0 saturated heterocycles. The lowest BCUT2D eigenvalue weighted by Crippen LogP contribution is -2.15. The van der Waals surface area contributed by atoms with Crippen molar-refractivity contribution in [3.63, 3.8) is 0 Å². The molecule has 3 N–H and O–H groups in total. The highest BCUT2D eigenvalue weighted by Gasteiger charge is 2.30. The Balaban J connectivity index is 1.41. The molecule has 1 heterocycles. The molecule has 12 heteroatoms. The Hall–Kier alpha value is -4.16. The van der Waals surface area contributed by atoms with Crippen molar-refractivity contribution in [2.45, 2.75) is 10.4 Å². The molecule has 0 spiro atoms. The van der Waals surface area contributed by atoms with Gasteiger partial charge in [-0.2, -0.15) is 13.2 Å². The molecule has 0 fully saturated rings. The molecule has 37 heavy (non-hydrogen) atoms. The summed E-state index contributed by atoms with van der Waals surface area (Å²) in [6.07, 6.45) is -4.54. The summed E-state index contributed by atoms with van der Waals surface area (Å²) in [5, 5.41) is 6.69. The van der Waals surface area contributed by atoms with Crippen LogP contribution in [0.25, 0.3) is 0 Å². The van der Waals surface area contributed by atoms with Gasteiger partial charge in [0.25, 0.3) is 21.8 Å². The second-order valence-electron chi connectivity index (χ2n) is 7.68. The lowest BCUT2D eigenvalue weighted by Gasteiger charge is -2.11. The van der Waals surface area contributed by atoms with E-state index < -0.39 is 33.6 Å². The third-order valence-electron chi connectivity index (χ3n) is 4.99. The van der Waals surface area contributed by atoms with Crippen molar-refractivity contribution in [2.75, 3.05) is 15.4 Å². The number of thiophene rings is 1. The van der Waals surface area contributed by atoms with E-state index in [0.717, 1.165) is 23.5 Å². The molecule has 1 aromatic heterocycles. The molecular formula is C25H18F3N3O4S2. The van der Waals surface area contributed by atoms with Gasteiger partial charge in [0.05, 0.1) is 5.56 Å². The highest BCUT2D eigenvalue weighted by atomic mass is 32.2. The molecule has 0 unspecified atom stereocenters. The van der Waals surface area contributed by atoms with Gasteiger partial charge in [0.1, 0.15) is 4.21 Å². The van der Waals surface area contributed by atoms with Gasteiger partial charge in [-0.3, -0.25) is 14.3 Å². The van der Waals surface area contributed by atoms with E-state index in [0.29, 0.717) is 0 Å². The fourth-order valence-corrected chi connectivity index (χ4v) is 5.28. The van der Waals surface area contributed by atoms with Crippen molar-refractivity contribution in [1.29, 1.82) is 0 Å². The molecule has 4 rings (SSSR count). The molecule has 0 saturated carbocycles. The second-order valence-corrected chi connectivity index (χ2v) is 10.5. The normalized spacial score (nSPS) is 11.5. The molecule has 0 aliphatic carbocycles. The highest BCUT2D eigenvalue weighted by molar-refractivity contribution is 7.94. The number of rotatable bonds is 7. The van der Waals surface area contributed by atoms with Crippen LogP contribution in [0.15, 0.2) is 94.5 Å². The lowest BCUT2D eigenvalue weighted by atomic mass is 10.1. The molecule has 3 aromatic carbocycles. The Bertz CT molecular complexity index is 1540. The molecule has 2 amide bonds. The maximum absolute atomic E-state index is 12.9. The van der Waals surface area contributed by atoms with Crippen LogP contribution in [-0.4, -0.2) is 20.2 Å². The van der Waals surface area contributed by atoms with E-state index in [4.69, 9.17) is 0 Å². The van der Waals surface area contributed by atoms with E-state index in [9.17, 15) is 31.2 Å². The average Bonchev–Trinajstić information content (AvgIpc) is 3.40. The van der Waals surface area contributed by atoms with Gasteiger partial charge >= 0.3 is 6.18 Å². The summed E-state index contributed by atoms with van der Waals surface area (Å²) in [5.74, 6) is -1.17. The minimum atomic E-state index is -4.54. The van der Waals surface area contributed by atoms with Crippen molar-refractivity contribution in [2.24, 2.45) is 0 Å². The quantitative estimate of drug-likeness (QED) is 0.262. The summed E-state index contributed by atoms with van der Waals surface area (Å²) >= 11 is 1.08. The number of hydrogen-bond acceptors (Lipinski definition) is 5. The predicted molar refractivity (Wildman–Crippen MR) is 135 cm³/mol. The Labute approximate surface area is 214 Å². The number of sulfonamides is 1. The number of nitrogens with one attached hydrogen (secondary N) is 3. The van der Waals surface area contributed by atoms with Crippen LogP contribution in [0, 0.1) is 0 Å². The summed E-state index contributed by atoms with van der Waals surface area (Å²) in [6, 6.07) is 19.0. The Kier molecular flexibility index (Phi) is 7.32. The van der Waals surface area contributed by atoms with E-state index in [1.54, 1.807) is 17.5 Å². The van der Waals surface area contributed by atoms with Gasteiger partial charge in [0, 0.05) is 28.2 Å². The van der Waals surface area contributed by atoms with E-state index in [1.165, 1.54) is 60.7 Å². The van der Waals surface area contributed by atoms with Crippen LogP contribution >= 0.6 is 11.3 Å². The van der Waals surface area contributed by atoms with Crippen LogP contribution in [-0.2, 0) is 16.2 Å². The largest absolute Gasteiger partial charge is 0.416 e. The number of amides is 2. The molecule has 0 bridgehead atoms. The van der Waals surface area contributed by atoms with Gasteiger partial charge in [-0.05, 0) is 72.1 Å². The van der Waals surface area contributed by atoms with E-state index in [1.807, 2.05) is 0 Å². The molecule has 0 radical (unpaired) electrons. The summed E-state index contributed by atoms with van der Waals surface area (Å²) in [5.41, 5.74) is -0.00507. The second kappa shape index (κ2) is 10.4. The molecule has 0 atom stereocenters. The summed E-state index contributed by atoms with van der Waals surface area (Å²) in [6.45, 7) is 0. The van der Waals surface area contributed by atoms with Crippen LogP contribution < -0.4 is 15.4 Å². The van der Waals surface area contributed by atoms with Gasteiger partial charge in [-0.1, -0.05) is 18.2 Å². The first-order chi connectivity index (χ1) is 17.5. The summed E-state index contributed by atoms with van der Waals surface area (Å²) in [4.78, 5) is 25.2. The first-order valence-electron chi connectivity index (χ1n) is 10.6. The van der Waals surface area contributed by atoms with E-state index >= 15 is 0 Å². The number of halogens is 3. The molecular weight excluding hydrogens is 527 g/mol. The zero-order valence-electron chi connectivity index (χ0n) is 18.7. The predicted octanol–water partition coefficient (Wildman–Crippen LogP) is 6.07. The average molecular weight is 546 g/mol. The topological polar surface area (TPSA) is 104 Å². The molecule has 0 aliphatic heterocycles. The van der Waals surface area contributed by atoms with Crippen molar-refractivity contribution in [3.05, 3.63) is 107 Å². The smallest absolute Gasteiger partial charge is 0.322 e. The van der Waals surface area contributed by atoms with Gasteiger partial charge in [0.2, 0.25) is 0 Å². The fraction of sp³-hybridized carbons (Fsp3) is 0.0400. The third-order valence-corrected chi connectivity index (χ3v) is 7.77. The number of carbonyl (C=O) groups is 2. The van der Waals surface area contributed by atoms with Gasteiger partial charge in [-0.25, -0.2) is 8.42 Å². The number of carbonyl (C=O) groups excluding carboxylic acids is 2. The molecule has 4 aromatic rings. The van der Waals surface area contributed by atoms with Crippen LogP contribution in [0.5, 0.6) is 0 Å². The molecule has 7 nitrogen and oxygen atoms in total. The van der Waals surface area contributed by atoms with E-state index in [2.05, 4.69) is 15.4 Å². The van der Waals surface area contributed by atoms with Crippen LogP contribution in [0.3, 0.4) is 0 Å². The number of anilines is 3. The van der Waals surface area contributed by atoms with Crippen molar-refractivity contribution >= 4 is 50.2 Å². The Morgan fingerprint density at radius 3 is 1.95 bits per heavy atom. The fourth-order valence-electron chi connectivity index (χ4n) is 3.23. The van der Waals surface area contributed by atoms with Crippen molar-refractivity contribution < 1.29 is 31.2 Å². The minimum Gasteiger partial charge on any atom is -0.322 e. The number of hydrogen-bond donors (Lipinski definition) is 3. The first-order valence-corrected chi connectivity index (χ1v) is 12.9. The van der Waals surface area contributed by atoms with E-state index in [-0.39, 0.29) is 32.4 Å². The SMILES string of the molecule is O=C(Nc1cccc(C(=O)Nc2cccc(C(F)(F)F)c2)c1)c1ccc(NS(=O)(=O)c2cccs2)cc1. The lowest BCUT2D eigenvalue weighted by molar-refractivity contribution is -0.137. The zero-order valence-corrected chi connectivity index (χ0v) is 20.4. The van der Waals surface area contributed by atoms with Gasteiger partial charge in [-0.15, -0.1) is 11.3 Å². The highest BCUT2D eigenvalue weighted by Crippen LogP contribution is 2.31. The molecule has 190 valence electrons. The van der Waals surface area contributed by atoms with Crippen LogP contribution in [0.2, 0.25) is 0 Å².